The van der Waals surface area contributed by atoms with Gasteiger partial charge in [-0.2, -0.15) is 13.2 Å². The lowest BCUT2D eigenvalue weighted by atomic mass is 10.3. The molecule has 0 atom stereocenters. The largest absolute Gasteiger partial charge is 0.573 e. The number of rotatable bonds is 6. The zero-order valence-corrected chi connectivity index (χ0v) is 17.4. The highest BCUT2D eigenvalue weighted by Gasteiger charge is 2.38. The minimum absolute atomic E-state index is 0.135. The summed E-state index contributed by atoms with van der Waals surface area (Å²) in [6.07, 6.45) is -8.52. The maximum absolute atomic E-state index is 12.2. The molecule has 0 unspecified atom stereocenters. The average molecular weight is 512 g/mol. The van der Waals surface area contributed by atoms with E-state index in [2.05, 4.69) is 25.3 Å². The van der Waals surface area contributed by atoms with Gasteiger partial charge in [0.25, 0.3) is 5.91 Å². The summed E-state index contributed by atoms with van der Waals surface area (Å²) < 4.78 is 72.2. The van der Waals surface area contributed by atoms with Crippen LogP contribution < -0.4 is 15.4 Å². The Labute approximate surface area is 190 Å². The van der Waals surface area contributed by atoms with Crippen LogP contribution in [0.15, 0.2) is 36.7 Å². The second-order valence-electron chi connectivity index (χ2n) is 6.03. The van der Waals surface area contributed by atoms with Crippen molar-refractivity contribution in [1.29, 1.82) is 0 Å². The van der Waals surface area contributed by atoms with Gasteiger partial charge < -0.3 is 25.6 Å². The van der Waals surface area contributed by atoms with Gasteiger partial charge in [-0.15, -0.1) is 24.5 Å². The summed E-state index contributed by atoms with van der Waals surface area (Å²) in [5, 5.41) is 22.0. The van der Waals surface area contributed by atoms with E-state index in [0.717, 1.165) is 11.3 Å². The summed E-state index contributed by atoms with van der Waals surface area (Å²) in [7, 11) is 0. The van der Waals surface area contributed by atoms with Crippen LogP contribution in [0.5, 0.6) is 5.75 Å². The monoisotopic (exact) mass is 512 g/mol. The Bertz CT molecular complexity index is 1130. The number of hydrogen-bond donors (Lipinski definition) is 4. The molecule has 4 N–H and O–H groups in total. The first-order valence-electron chi connectivity index (χ1n) is 8.86. The number of amides is 1. The molecule has 0 fully saturated rings. The summed E-state index contributed by atoms with van der Waals surface area (Å²) in [4.78, 5) is 30.1. The number of aliphatic carboxylic acids is 1. The van der Waals surface area contributed by atoms with Crippen molar-refractivity contribution in [2.45, 2.75) is 12.5 Å². The highest BCUT2D eigenvalue weighted by Crippen LogP contribution is 2.31. The summed E-state index contributed by atoms with van der Waals surface area (Å²) >= 11 is 1.16. The number of thiophene rings is 1. The summed E-state index contributed by atoms with van der Waals surface area (Å²) in [6, 6.07) is 6.79. The Morgan fingerprint density at radius 2 is 1.68 bits per heavy atom. The highest BCUT2D eigenvalue weighted by atomic mass is 32.1. The number of fused-ring (bicyclic) bond motifs is 1. The van der Waals surface area contributed by atoms with Crippen molar-refractivity contribution in [3.05, 3.63) is 41.5 Å². The molecule has 3 aromatic rings. The molecule has 1 aromatic carbocycles. The second kappa shape index (κ2) is 11.0. The minimum Gasteiger partial charge on any atom is -0.475 e. The number of carbonyl (C=O) groups is 2. The first kappa shape index (κ1) is 26.6. The van der Waals surface area contributed by atoms with Crippen LogP contribution in [0.3, 0.4) is 0 Å². The van der Waals surface area contributed by atoms with Crippen molar-refractivity contribution < 1.29 is 50.9 Å². The lowest BCUT2D eigenvalue weighted by molar-refractivity contribution is -0.274. The molecule has 2 aromatic heterocycles. The van der Waals surface area contributed by atoms with Gasteiger partial charge in [-0.25, -0.2) is 14.8 Å². The Balaban J connectivity index is 0.000000509. The van der Waals surface area contributed by atoms with Crippen LogP contribution >= 0.6 is 11.3 Å². The number of carboxylic acids is 1. The number of nitrogens with zero attached hydrogens (tertiary/aromatic N) is 2. The Morgan fingerprint density at radius 1 is 1.06 bits per heavy atom. The van der Waals surface area contributed by atoms with Crippen molar-refractivity contribution in [2.75, 3.05) is 18.5 Å². The smallest absolute Gasteiger partial charge is 0.475 e. The SMILES string of the molecule is O=C(NCCO)c1cc2c(Nc3ccc(OC(F)(F)F)cc3)ncnc2s1.O=C(O)C(F)(F)F. The van der Waals surface area contributed by atoms with Crippen LogP contribution in [0.25, 0.3) is 10.2 Å². The van der Waals surface area contributed by atoms with E-state index in [0.29, 0.717) is 26.6 Å². The van der Waals surface area contributed by atoms with E-state index in [1.807, 2.05) is 0 Å². The standard InChI is InChI=1S/C16H13F3N4O3S.C2HF3O2/c17-16(18,19)26-10-3-1-9(2-4-10)23-13-11-7-12(14(25)20-5-6-24)27-15(11)22-8-21-13;3-2(4,5)1(6)7/h1-4,7-8,24H,5-6H2,(H,20,25)(H,21,22,23);(H,6,7). The Hall–Kier alpha value is -3.66. The van der Waals surface area contributed by atoms with E-state index in [1.165, 1.54) is 30.6 Å². The lowest BCUT2D eigenvalue weighted by Gasteiger charge is -2.10. The molecule has 184 valence electrons. The summed E-state index contributed by atoms with van der Waals surface area (Å²) in [6.45, 7) is -0.0342. The van der Waals surface area contributed by atoms with Crippen molar-refractivity contribution in [1.82, 2.24) is 15.3 Å². The van der Waals surface area contributed by atoms with Crippen LogP contribution in [-0.4, -0.2) is 57.7 Å². The molecule has 34 heavy (non-hydrogen) atoms. The number of anilines is 2. The molecule has 0 spiro atoms. The molecule has 0 radical (unpaired) electrons. The van der Waals surface area contributed by atoms with Crippen molar-refractivity contribution in [2.24, 2.45) is 0 Å². The quantitative estimate of drug-likeness (QED) is 0.368. The molecular weight excluding hydrogens is 498 g/mol. The number of halogens is 6. The van der Waals surface area contributed by atoms with E-state index in [4.69, 9.17) is 15.0 Å². The number of carboxylic acid groups (broad SMARTS) is 1. The summed E-state index contributed by atoms with van der Waals surface area (Å²) in [5.74, 6) is -3.03. The van der Waals surface area contributed by atoms with E-state index in [1.54, 1.807) is 6.07 Å². The molecule has 0 aliphatic carbocycles. The molecule has 0 bridgehead atoms. The maximum Gasteiger partial charge on any atom is 0.573 e. The van der Waals surface area contributed by atoms with Gasteiger partial charge in [0.05, 0.1) is 16.9 Å². The van der Waals surface area contributed by atoms with Crippen molar-refractivity contribution in [3.8, 4) is 5.75 Å². The second-order valence-corrected chi connectivity index (χ2v) is 7.06. The van der Waals surface area contributed by atoms with Gasteiger partial charge in [0.15, 0.2) is 0 Å². The molecule has 0 saturated carbocycles. The molecule has 0 aliphatic heterocycles. The number of aromatic nitrogens is 2. The predicted molar refractivity (Wildman–Crippen MR) is 107 cm³/mol. The number of benzene rings is 1. The fourth-order valence-electron chi connectivity index (χ4n) is 2.20. The fourth-order valence-corrected chi connectivity index (χ4v) is 3.12. The zero-order chi connectivity index (χ0) is 25.5. The average Bonchev–Trinajstić information content (AvgIpc) is 3.18. The molecule has 3 rings (SSSR count). The Morgan fingerprint density at radius 3 is 2.21 bits per heavy atom. The maximum atomic E-state index is 12.2. The van der Waals surface area contributed by atoms with Crippen LogP contribution in [0, 0.1) is 0 Å². The number of nitrogens with one attached hydrogen (secondary N) is 2. The third-order valence-electron chi connectivity index (χ3n) is 3.54. The number of alkyl halides is 6. The van der Waals surface area contributed by atoms with E-state index in [9.17, 15) is 31.1 Å². The van der Waals surface area contributed by atoms with E-state index in [-0.39, 0.29) is 24.8 Å². The highest BCUT2D eigenvalue weighted by molar-refractivity contribution is 7.20. The van der Waals surface area contributed by atoms with Gasteiger partial charge in [-0.3, -0.25) is 4.79 Å². The molecule has 16 heteroatoms. The molecule has 9 nitrogen and oxygen atoms in total. The molecule has 1 amide bonds. The lowest BCUT2D eigenvalue weighted by Crippen LogP contribution is -2.25. The number of hydrogen-bond acceptors (Lipinski definition) is 8. The fraction of sp³-hybridized carbons (Fsp3) is 0.222. The third kappa shape index (κ3) is 8.04. The predicted octanol–water partition coefficient (Wildman–Crippen LogP) is 3.69. The number of carbonyl (C=O) groups excluding carboxylic acids is 1. The molecular formula is C18H14F6N4O5S. The van der Waals surface area contributed by atoms with Gasteiger partial charge >= 0.3 is 18.5 Å². The molecule has 0 aliphatic rings. The topological polar surface area (TPSA) is 134 Å². The van der Waals surface area contributed by atoms with Crippen molar-refractivity contribution >= 4 is 44.9 Å². The third-order valence-corrected chi connectivity index (χ3v) is 4.59. The first-order valence-corrected chi connectivity index (χ1v) is 9.68. The zero-order valence-electron chi connectivity index (χ0n) is 16.6. The van der Waals surface area contributed by atoms with Crippen molar-refractivity contribution in [3.63, 3.8) is 0 Å². The van der Waals surface area contributed by atoms with E-state index < -0.39 is 18.5 Å². The van der Waals surface area contributed by atoms with Gasteiger partial charge in [0, 0.05) is 12.2 Å². The van der Waals surface area contributed by atoms with Crippen LogP contribution in [0.1, 0.15) is 9.67 Å². The van der Waals surface area contributed by atoms with Crippen LogP contribution in [-0.2, 0) is 4.79 Å². The Kier molecular flexibility index (Phi) is 8.58. The number of aliphatic hydroxyl groups excluding tert-OH is 1. The van der Waals surface area contributed by atoms with Gasteiger partial charge in [-0.05, 0) is 30.3 Å². The molecule has 0 saturated heterocycles. The summed E-state index contributed by atoms with van der Waals surface area (Å²) in [5.41, 5.74) is 0.488. The van der Waals surface area contributed by atoms with Crippen LogP contribution in [0.4, 0.5) is 37.8 Å². The normalized spacial score (nSPS) is 11.4. The van der Waals surface area contributed by atoms with Gasteiger partial charge in [-0.1, -0.05) is 0 Å². The number of ether oxygens (including phenoxy) is 1. The van der Waals surface area contributed by atoms with E-state index >= 15 is 0 Å². The number of aliphatic hydroxyl groups is 1. The van der Waals surface area contributed by atoms with Crippen LogP contribution in [0.2, 0.25) is 0 Å². The van der Waals surface area contributed by atoms with Gasteiger partial charge in [0.2, 0.25) is 0 Å². The first-order chi connectivity index (χ1) is 15.8. The van der Waals surface area contributed by atoms with Gasteiger partial charge in [0.1, 0.15) is 22.7 Å². The molecule has 2 heterocycles. The minimum atomic E-state index is -5.08.